The molecule has 13 heteroatoms. The highest BCUT2D eigenvalue weighted by molar-refractivity contribution is 6.30. The summed E-state index contributed by atoms with van der Waals surface area (Å²) in [6.07, 6.45) is 6.95. The van der Waals surface area contributed by atoms with E-state index in [4.69, 9.17) is 49.9 Å². The monoisotopic (exact) mass is 713 g/mol. The first-order valence-corrected chi connectivity index (χ1v) is 17.4. The van der Waals surface area contributed by atoms with Crippen LogP contribution in [0.1, 0.15) is 57.7 Å². The van der Waals surface area contributed by atoms with Gasteiger partial charge in [-0.3, -0.25) is 9.36 Å². The van der Waals surface area contributed by atoms with Crippen molar-refractivity contribution in [1.29, 1.82) is 0 Å². The normalized spacial score (nSPS) is 16.9. The van der Waals surface area contributed by atoms with Gasteiger partial charge in [0.1, 0.15) is 11.5 Å². The van der Waals surface area contributed by atoms with Gasteiger partial charge in [0.25, 0.3) is 0 Å². The summed E-state index contributed by atoms with van der Waals surface area (Å²) in [4.78, 5) is 0. The molecule has 0 spiro atoms. The highest BCUT2D eigenvalue weighted by atomic mass is 35.7. The average Bonchev–Trinajstić information content (AvgIpc) is 3.78. The van der Waals surface area contributed by atoms with Gasteiger partial charge in [-0.05, 0) is 65.2 Å². The van der Waals surface area contributed by atoms with Crippen LogP contribution in [0.25, 0.3) is 0 Å². The van der Waals surface area contributed by atoms with Crippen LogP contribution in [0.15, 0.2) is 116 Å². The Hall–Kier alpha value is -4.75. The van der Waals surface area contributed by atoms with Crippen molar-refractivity contribution in [3.63, 3.8) is 0 Å². The molecule has 50 heavy (non-hydrogen) atoms. The van der Waals surface area contributed by atoms with Gasteiger partial charge in [0, 0.05) is 41.5 Å². The fraction of sp³-hybridized carbons (Fsp3) is 0.216. The van der Waals surface area contributed by atoms with Gasteiger partial charge in [-0.25, -0.2) is 18.6 Å². The molecule has 0 amide bonds. The number of aromatic nitrogens is 5. The van der Waals surface area contributed by atoms with Crippen LogP contribution in [0.2, 0.25) is 5.02 Å². The zero-order valence-corrected chi connectivity index (χ0v) is 28.7. The molecule has 3 aromatic carbocycles. The molecule has 6 aromatic rings. The van der Waals surface area contributed by atoms with Crippen molar-refractivity contribution < 1.29 is 42.9 Å². The van der Waals surface area contributed by atoms with E-state index >= 15 is 0 Å². The fourth-order valence-corrected chi connectivity index (χ4v) is 7.85. The third kappa shape index (κ3) is 6.35. The van der Waals surface area contributed by atoms with Crippen LogP contribution in [0.4, 0.5) is 0 Å². The number of benzene rings is 3. The molecule has 0 saturated heterocycles. The Kier molecular flexibility index (Phi) is 9.12. The first-order valence-electron chi connectivity index (χ1n) is 15.8. The molecule has 256 valence electrons. The van der Waals surface area contributed by atoms with Crippen LogP contribution < -0.4 is 32.7 Å². The van der Waals surface area contributed by atoms with Crippen molar-refractivity contribution in [2.75, 3.05) is 14.2 Å². The first-order chi connectivity index (χ1) is 24.1. The van der Waals surface area contributed by atoms with Crippen LogP contribution in [0.3, 0.4) is 0 Å². The van der Waals surface area contributed by atoms with Gasteiger partial charge in [-0.2, -0.15) is 14.8 Å². The number of hydrogen-bond acceptors (Lipinski definition) is 8. The Morgan fingerprint density at radius 2 is 1.30 bits per heavy atom. The summed E-state index contributed by atoms with van der Waals surface area (Å²) in [7, 11) is -1.56. The van der Waals surface area contributed by atoms with Gasteiger partial charge < -0.3 is 9.47 Å². The topological polar surface area (TPSA) is 150 Å². The van der Waals surface area contributed by atoms with Crippen LogP contribution >= 0.6 is 11.6 Å². The minimum atomic E-state index is -4.94. The third-order valence-electron chi connectivity index (χ3n) is 9.61. The lowest BCUT2D eigenvalue weighted by Crippen LogP contribution is -2.68. The lowest BCUT2D eigenvalue weighted by atomic mass is 9.55. The van der Waals surface area contributed by atoms with Crippen LogP contribution in [0, 0.1) is 10.2 Å². The molecule has 3 aromatic heterocycles. The van der Waals surface area contributed by atoms with E-state index in [1.54, 1.807) is 14.2 Å². The minimum Gasteiger partial charge on any atom is -0.497 e. The molecule has 11 nitrogen and oxygen atoms in total. The summed E-state index contributed by atoms with van der Waals surface area (Å²) in [6, 6.07) is 33.9. The highest BCUT2D eigenvalue weighted by Crippen LogP contribution is 2.59. The molecule has 0 saturated carbocycles. The predicted molar refractivity (Wildman–Crippen MR) is 172 cm³/mol. The quantitative estimate of drug-likeness (QED) is 0.217. The van der Waals surface area contributed by atoms with E-state index < -0.39 is 15.7 Å². The third-order valence-corrected chi connectivity index (χ3v) is 9.85. The molecule has 3 aliphatic rings. The second kappa shape index (κ2) is 13.5. The molecule has 0 fully saturated rings. The highest BCUT2D eigenvalue weighted by Gasteiger charge is 2.61. The summed E-state index contributed by atoms with van der Waals surface area (Å²) in [5.74, 6) is 1.66. The maximum absolute atomic E-state index is 8.49. The zero-order valence-electron chi connectivity index (χ0n) is 27.2. The average molecular weight is 715 g/mol. The van der Waals surface area contributed by atoms with E-state index in [-0.39, 0.29) is 12.0 Å². The van der Waals surface area contributed by atoms with E-state index in [1.807, 2.05) is 42.7 Å². The Balaban J connectivity index is 0.000000734. The number of rotatable bonds is 8. The maximum Gasteiger partial charge on any atom is 0.190 e. The molecule has 0 radical (unpaired) electrons. The summed E-state index contributed by atoms with van der Waals surface area (Å²) < 4.78 is 51.6. The second-order valence-corrected chi connectivity index (χ2v) is 13.4. The molecule has 2 bridgehead atoms. The molecule has 2 aliphatic heterocycles. The van der Waals surface area contributed by atoms with Gasteiger partial charge >= 0.3 is 0 Å². The lowest BCUT2D eigenvalue weighted by Gasteiger charge is -2.49. The number of fused-ring (bicyclic) bond motifs is 1. The van der Waals surface area contributed by atoms with Crippen LogP contribution in [-0.2, 0) is 18.5 Å². The van der Waals surface area contributed by atoms with Crippen molar-refractivity contribution in [2.45, 2.75) is 36.9 Å². The van der Waals surface area contributed by atoms with Gasteiger partial charge in [0.15, 0.2) is 17.9 Å². The largest absolute Gasteiger partial charge is 0.497 e. The van der Waals surface area contributed by atoms with Gasteiger partial charge in [-0.15, -0.1) is 10.2 Å². The van der Waals surface area contributed by atoms with E-state index in [0.717, 1.165) is 45.5 Å². The summed E-state index contributed by atoms with van der Waals surface area (Å²) in [6.45, 7) is 1.27. The number of ether oxygens (including phenoxy) is 2. The Morgan fingerprint density at radius 3 is 1.82 bits per heavy atom. The molecule has 9 rings (SSSR count). The number of pyridine rings is 1. The molecule has 5 heterocycles. The summed E-state index contributed by atoms with van der Waals surface area (Å²) in [5.41, 5.74) is 8.00. The lowest BCUT2D eigenvalue weighted by molar-refractivity contribution is -2.00. The van der Waals surface area contributed by atoms with Crippen molar-refractivity contribution in [3.8, 4) is 11.5 Å². The molecule has 1 aliphatic carbocycles. The SMILES string of the molecule is COc1ccc(Cn2nccc2C2(c3ccnn3Cc3ccc(OC)cc3)CC3c4ccc(Cl)cc4C2c2cccc[n+]23)cc1.[O-][Cl+3]([O-])([O-])[O-]. The van der Waals surface area contributed by atoms with E-state index in [0.29, 0.717) is 13.1 Å². The Bertz CT molecular complexity index is 2020. The number of halogens is 2. The number of hydrogen-bond donors (Lipinski definition) is 0. The molecular formula is C37H33Cl2N5O6. The van der Waals surface area contributed by atoms with Crippen molar-refractivity contribution >= 4 is 11.6 Å². The molecule has 2 atom stereocenters. The maximum atomic E-state index is 8.49. The smallest absolute Gasteiger partial charge is 0.190 e. The standard InChI is InChI=1S/C37H33ClN5O2.ClHO4/c1-44-28-11-6-25(7-12-28)23-42-34(16-18-39-42)37(35-17-19-40-43(35)24-26-8-13-29(45-2)14-9-26)22-33-30-15-10-27(38)21-31(30)36(37)32-5-3-4-20-41(32)33;2-1(3,4)5/h3-21,33,36H,22-24H2,1-2H3;(H,2,3,4,5)/q+1;/p-1. The second-order valence-electron chi connectivity index (χ2n) is 12.3. The number of methoxy groups -OCH3 is 2. The number of nitrogens with zero attached hydrogens (tertiary/aromatic N) is 5. The summed E-state index contributed by atoms with van der Waals surface area (Å²) in [5, 5.41) is 10.6. The van der Waals surface area contributed by atoms with E-state index in [2.05, 4.69) is 86.9 Å². The van der Waals surface area contributed by atoms with Gasteiger partial charge in [-0.1, -0.05) is 48.0 Å². The van der Waals surface area contributed by atoms with Crippen molar-refractivity contribution in [2.24, 2.45) is 0 Å². The summed E-state index contributed by atoms with van der Waals surface area (Å²) >= 11 is 6.75. The van der Waals surface area contributed by atoms with E-state index in [1.165, 1.54) is 16.8 Å². The fourth-order valence-electron chi connectivity index (χ4n) is 7.67. The van der Waals surface area contributed by atoms with Crippen molar-refractivity contribution in [3.05, 3.63) is 160 Å². The molecular weight excluding hydrogens is 681 g/mol. The van der Waals surface area contributed by atoms with Crippen LogP contribution in [-0.4, -0.2) is 33.8 Å². The Morgan fingerprint density at radius 1 is 0.760 bits per heavy atom. The Labute approximate surface area is 295 Å². The molecule has 2 unspecified atom stereocenters. The van der Waals surface area contributed by atoms with Crippen molar-refractivity contribution in [1.82, 2.24) is 19.6 Å². The predicted octanol–water partition coefficient (Wildman–Crippen LogP) is 1.80. The van der Waals surface area contributed by atoms with E-state index in [9.17, 15) is 0 Å². The van der Waals surface area contributed by atoms with Gasteiger partial charge in [0.05, 0.1) is 50.0 Å². The van der Waals surface area contributed by atoms with Gasteiger partial charge in [0.2, 0.25) is 0 Å². The molecule has 0 N–H and O–H groups in total. The first kappa shape index (κ1) is 33.7. The van der Waals surface area contributed by atoms with Crippen LogP contribution in [0.5, 0.6) is 11.5 Å². The zero-order chi connectivity index (χ0) is 35.0. The minimum absolute atomic E-state index is 0.0185.